The number of amides is 4. The number of hydrogen-bond donors (Lipinski definition) is 25. The molecule has 0 bridgehead atoms. The molecule has 0 unspecified atom stereocenters. The van der Waals surface area contributed by atoms with Crippen LogP contribution in [0.15, 0.2) is 0 Å². The van der Waals surface area contributed by atoms with Gasteiger partial charge in [-0.15, -0.1) is 0 Å². The Morgan fingerprint density at radius 2 is 0.863 bits per heavy atom. The topological polar surface area (TPSA) is 705 Å². The molecular formula is C57H94N4O41. The van der Waals surface area contributed by atoms with Crippen LogP contribution >= 0.6 is 0 Å². The zero-order valence-electron chi connectivity index (χ0n) is 55.4. The van der Waals surface area contributed by atoms with Crippen LogP contribution in [0.3, 0.4) is 0 Å². The Morgan fingerprint density at radius 3 is 1.36 bits per heavy atom. The zero-order chi connectivity index (χ0) is 76.1. The Kier molecular flexibility index (Phi) is 29.9. The number of carboxylic acids is 1. The Morgan fingerprint density at radius 1 is 0.451 bits per heavy atom. The quantitative estimate of drug-likeness (QED) is 0.0324. The number of hydrogen-bond acceptors (Lipinski definition) is 40. The van der Waals surface area contributed by atoms with E-state index < -0.39 is 314 Å². The second-order valence-corrected chi connectivity index (χ2v) is 25.6. The lowest BCUT2D eigenvalue weighted by Crippen LogP contribution is -2.72. The van der Waals surface area contributed by atoms with Crippen molar-refractivity contribution in [1.29, 1.82) is 0 Å². The molecule has 7 aliphatic heterocycles. The second-order valence-electron chi connectivity index (χ2n) is 25.6. The second kappa shape index (κ2) is 35.9. The van der Waals surface area contributed by atoms with Crippen LogP contribution in [0.1, 0.15) is 47.5 Å². The third-order valence-electron chi connectivity index (χ3n) is 18.2. The minimum absolute atomic E-state index is 0.872. The first kappa shape index (κ1) is 84.8. The van der Waals surface area contributed by atoms with Gasteiger partial charge in [-0.1, -0.05) is 0 Å². The van der Waals surface area contributed by atoms with Gasteiger partial charge in [-0.2, -0.15) is 0 Å². The lowest BCUT2D eigenvalue weighted by molar-refractivity contribution is -0.392. The number of aliphatic hydroxyl groups excluding tert-OH is 20. The van der Waals surface area contributed by atoms with E-state index in [0.717, 1.165) is 34.8 Å². The van der Waals surface area contributed by atoms with Gasteiger partial charge in [0, 0.05) is 47.6 Å². The molecule has 0 aromatic rings. The minimum atomic E-state index is -3.39. The van der Waals surface area contributed by atoms with Crippen molar-refractivity contribution < 1.29 is 202 Å². The van der Waals surface area contributed by atoms with E-state index in [1.807, 2.05) is 0 Å². The van der Waals surface area contributed by atoms with E-state index in [1.165, 1.54) is 6.92 Å². The van der Waals surface area contributed by atoms with Crippen LogP contribution < -0.4 is 21.3 Å². The fourth-order valence-electron chi connectivity index (χ4n) is 12.9. The van der Waals surface area contributed by atoms with Gasteiger partial charge in [0.15, 0.2) is 25.2 Å². The van der Waals surface area contributed by atoms with Crippen molar-refractivity contribution in [1.82, 2.24) is 21.3 Å². The number of aliphatic carboxylic acids is 1. The highest BCUT2D eigenvalue weighted by Gasteiger charge is 2.64. The van der Waals surface area contributed by atoms with Crippen molar-refractivity contribution in [3.8, 4) is 0 Å². The van der Waals surface area contributed by atoms with Crippen molar-refractivity contribution in [3.05, 3.63) is 0 Å². The summed E-state index contributed by atoms with van der Waals surface area (Å²) in [4.78, 5) is 79.6. The summed E-state index contributed by atoms with van der Waals surface area (Å²) >= 11 is 0. The minimum Gasteiger partial charge on any atom is -0.477 e. The van der Waals surface area contributed by atoms with Crippen molar-refractivity contribution in [3.63, 3.8) is 0 Å². The molecule has 45 heteroatoms. The molecule has 0 radical (unpaired) electrons. The SMILES string of the molecule is CO[C@H]1O[C@H](CO[C@@H]2O[C@H](CO)[C@@H](O[C@@H]3O[C@H](CO)[C@H](O)[C@H](O[C@]4(C(=O)O)C[C@H](O)[C@@H](NC(C)=O)[C@H]([C@H](O)[C@H](O)CO)O4)[C@H]3O)[C@H](O[C@H]3O[C@H](C)[C@H](O)[C@H](O)[C@H]3O)[C@H]2NC(C)=O)[C@H](O)[C@H](O[C@]2(C(=O)O[C@@H]3O[C@H](CO)[C@H](O)[C@H](O)[C@H]3O)C[C@H](O)[C@@H](NC(C)=O)[C@H]([C@H](O)[C@H](O)CO)O2)[C@H]1NC(C)=O. The first-order valence-corrected chi connectivity index (χ1v) is 32.1. The summed E-state index contributed by atoms with van der Waals surface area (Å²) in [7, 11) is 0.988. The van der Waals surface area contributed by atoms with Crippen molar-refractivity contribution in [2.45, 2.75) is 273 Å². The van der Waals surface area contributed by atoms with Gasteiger partial charge in [-0.3, -0.25) is 19.2 Å². The highest BCUT2D eigenvalue weighted by molar-refractivity contribution is 5.79. The van der Waals surface area contributed by atoms with Crippen LogP contribution in [0.25, 0.3) is 0 Å². The third-order valence-corrected chi connectivity index (χ3v) is 18.2. The summed E-state index contributed by atoms with van der Waals surface area (Å²) in [6, 6.07) is -7.42. The van der Waals surface area contributed by atoms with E-state index in [0.29, 0.717) is 0 Å². The van der Waals surface area contributed by atoms with E-state index in [2.05, 4.69) is 21.3 Å². The van der Waals surface area contributed by atoms with Gasteiger partial charge >= 0.3 is 11.9 Å². The molecule has 7 heterocycles. The lowest BCUT2D eigenvalue weighted by Gasteiger charge is -2.52. The van der Waals surface area contributed by atoms with E-state index in [-0.39, 0.29) is 0 Å². The maximum absolute atomic E-state index is 15.0. The fraction of sp³-hybridized carbons (Fsp3) is 0.895. The number of esters is 1. The van der Waals surface area contributed by atoms with Crippen LogP contribution in [0.4, 0.5) is 0 Å². The van der Waals surface area contributed by atoms with Gasteiger partial charge in [0.1, 0.15) is 152 Å². The number of aliphatic hydroxyl groups is 20. The number of carbonyl (C=O) groups excluding carboxylic acids is 5. The number of nitrogens with one attached hydrogen (secondary N) is 4. The predicted octanol–water partition coefficient (Wildman–Crippen LogP) is -16.2. The number of methoxy groups -OCH3 is 1. The Bertz CT molecular complexity index is 2770. The summed E-state index contributed by atoms with van der Waals surface area (Å²) in [6.45, 7) is -2.08. The van der Waals surface area contributed by atoms with E-state index in [4.69, 9.17) is 66.3 Å². The van der Waals surface area contributed by atoms with E-state index in [1.54, 1.807) is 0 Å². The molecule has 45 nitrogen and oxygen atoms in total. The van der Waals surface area contributed by atoms with Gasteiger partial charge in [-0.05, 0) is 6.92 Å². The molecule has 0 aromatic carbocycles. The van der Waals surface area contributed by atoms with Crippen LogP contribution in [-0.2, 0) is 95.1 Å². The Balaban J connectivity index is 1.27. The molecule has 0 spiro atoms. The molecule has 37 atom stereocenters. The normalized spacial score (nSPS) is 44.6. The van der Waals surface area contributed by atoms with Crippen molar-refractivity contribution in [2.24, 2.45) is 0 Å². The molecule has 0 aromatic heterocycles. The van der Waals surface area contributed by atoms with Crippen LogP contribution in [-0.4, -0.2) is 415 Å². The molecule has 7 aliphatic rings. The highest BCUT2D eigenvalue weighted by atomic mass is 16.8. The average Bonchev–Trinajstić information content (AvgIpc) is 0.755. The maximum Gasteiger partial charge on any atom is 0.369 e. The highest BCUT2D eigenvalue weighted by Crippen LogP contribution is 2.43. The summed E-state index contributed by atoms with van der Waals surface area (Å²) in [5.74, 6) is -14.5. The predicted molar refractivity (Wildman–Crippen MR) is 316 cm³/mol. The van der Waals surface area contributed by atoms with Crippen LogP contribution in [0.5, 0.6) is 0 Å². The number of rotatable bonds is 28. The van der Waals surface area contributed by atoms with Crippen LogP contribution in [0, 0.1) is 0 Å². The van der Waals surface area contributed by atoms with Gasteiger partial charge in [0.25, 0.3) is 11.6 Å². The molecule has 588 valence electrons. The lowest BCUT2D eigenvalue weighted by atomic mass is 9.87. The average molecular weight is 1490 g/mol. The van der Waals surface area contributed by atoms with Gasteiger partial charge in [0.05, 0.1) is 70.0 Å². The molecule has 0 aliphatic carbocycles. The van der Waals surface area contributed by atoms with Crippen LogP contribution in [0.2, 0.25) is 0 Å². The van der Waals surface area contributed by atoms with E-state index >= 15 is 0 Å². The van der Waals surface area contributed by atoms with Gasteiger partial charge < -0.3 is 195 Å². The fourth-order valence-corrected chi connectivity index (χ4v) is 12.9. The smallest absolute Gasteiger partial charge is 0.369 e. The molecule has 0 saturated carbocycles. The first-order valence-electron chi connectivity index (χ1n) is 32.1. The molecule has 7 rings (SSSR count). The number of carboxylic acid groups (broad SMARTS) is 1. The van der Waals surface area contributed by atoms with E-state index in [9.17, 15) is 136 Å². The zero-order valence-corrected chi connectivity index (χ0v) is 55.4. The monoisotopic (exact) mass is 1490 g/mol. The number of ether oxygens (including phenoxy) is 14. The standard InChI is InChI=1S/C57H94N4O41/c1-15-32(75)38(81)40(83)51(91-15)97-47-31(61-19(5)70)50(94-26(13-66)43(47)96-53-42(85)48(36(79)25(12-65)93-53)102-56(54(86)87)7-20(71)28(58-16(2)67)44(99-56)33(76)22(73)9-62)90-14-27-37(80)46(30(60-18(4)69)49(89-6)95-27)101-57(55(88)98-52-41(84)39(82)35(78)24(11-64)92-52)8-21(72)29(59-17(3)68)45(100-57)34(77)23(74)10-63/h15,20-53,62-66,71-85H,7-14H2,1-6H3,(H,58,67)(H,59,68)(H,60,69)(H,61,70)(H,86,87)/t15-,20+,21+,22-,23-,24-,25-,26-,27-,28-,29-,30-,31-,32+,33-,34-,35+,36+,37+,38+,39+,40-,41-,42-,43-,44-,45-,46-,47-,48+,49+,50-,51-,52+,53+,56+,57+/m1/s1. The Labute approximate surface area is 578 Å². The van der Waals surface area contributed by atoms with Crippen molar-refractivity contribution in [2.75, 3.05) is 46.8 Å². The largest absolute Gasteiger partial charge is 0.477 e. The molecular weight excluding hydrogens is 1400 g/mol. The van der Waals surface area contributed by atoms with Gasteiger partial charge in [0.2, 0.25) is 29.9 Å². The molecule has 102 heavy (non-hydrogen) atoms. The molecule has 7 fully saturated rings. The summed E-state index contributed by atoms with van der Waals surface area (Å²) in [6.07, 6.45) is -69.1. The third kappa shape index (κ3) is 18.5. The Hall–Kier alpha value is -4.50. The summed E-state index contributed by atoms with van der Waals surface area (Å²) in [5.41, 5.74) is 0. The summed E-state index contributed by atoms with van der Waals surface area (Å²) in [5, 5.41) is 240. The number of carbonyl (C=O) groups is 6. The maximum atomic E-state index is 15.0. The van der Waals surface area contributed by atoms with Gasteiger partial charge in [-0.25, -0.2) is 9.59 Å². The summed E-state index contributed by atoms with van der Waals surface area (Å²) < 4.78 is 82.8. The first-order chi connectivity index (χ1) is 47.9. The molecule has 4 amide bonds. The molecule has 25 N–H and O–H groups in total. The van der Waals surface area contributed by atoms with Crippen molar-refractivity contribution >= 4 is 35.6 Å². The molecule has 7 saturated heterocycles.